The number of anilines is 1. The molecule has 0 bridgehead atoms. The number of ether oxygens (including phenoxy) is 1. The Morgan fingerprint density at radius 2 is 1.75 bits per heavy atom. The third-order valence-electron chi connectivity index (χ3n) is 4.70. The van der Waals surface area contributed by atoms with Gasteiger partial charge in [-0.2, -0.15) is 0 Å². The Bertz CT molecular complexity index is 1190. The van der Waals surface area contributed by atoms with Crippen molar-refractivity contribution in [1.29, 1.82) is 0 Å². The first kappa shape index (κ1) is 22.8. The second kappa shape index (κ2) is 9.10. The second-order valence-electron chi connectivity index (χ2n) is 6.60. The standard InChI is InChI=1S/C21H16F2N2O6S/c1-11-17(20(26)27)19(32-18(11)12-6-8-13(9-7-12)25(29)30)24(21(28)31-2)10-14-15(22)4-3-5-16(14)23/h3-9H,10H2,1-2H3,(H,26,27). The van der Waals surface area contributed by atoms with E-state index in [1.165, 1.54) is 37.3 Å². The van der Waals surface area contributed by atoms with Gasteiger partial charge in [0.15, 0.2) is 0 Å². The van der Waals surface area contributed by atoms with Crippen molar-refractivity contribution in [2.75, 3.05) is 12.0 Å². The fourth-order valence-electron chi connectivity index (χ4n) is 3.12. The van der Waals surface area contributed by atoms with Crippen LogP contribution in [-0.4, -0.2) is 29.2 Å². The van der Waals surface area contributed by atoms with Gasteiger partial charge in [0.05, 0.1) is 24.1 Å². The maximum atomic E-state index is 14.2. The van der Waals surface area contributed by atoms with E-state index in [0.717, 1.165) is 35.5 Å². The molecule has 0 radical (unpaired) electrons. The third-order valence-corrected chi connectivity index (χ3v) is 6.06. The Hall–Kier alpha value is -3.86. The summed E-state index contributed by atoms with van der Waals surface area (Å²) in [7, 11) is 1.06. The zero-order valence-corrected chi connectivity index (χ0v) is 17.6. The highest BCUT2D eigenvalue weighted by molar-refractivity contribution is 7.20. The number of thiophene rings is 1. The summed E-state index contributed by atoms with van der Waals surface area (Å²) < 4.78 is 33.2. The number of methoxy groups -OCH3 is 1. The molecule has 32 heavy (non-hydrogen) atoms. The number of aromatic carboxylic acids is 1. The Morgan fingerprint density at radius 3 is 2.25 bits per heavy atom. The van der Waals surface area contributed by atoms with Crippen molar-refractivity contribution in [3.05, 3.63) is 80.9 Å². The van der Waals surface area contributed by atoms with E-state index in [1.807, 2.05) is 0 Å². The van der Waals surface area contributed by atoms with Crippen molar-refractivity contribution in [3.63, 3.8) is 0 Å². The van der Waals surface area contributed by atoms with Crippen LogP contribution in [0.5, 0.6) is 0 Å². The van der Waals surface area contributed by atoms with E-state index in [-0.39, 0.29) is 21.8 Å². The molecule has 0 unspecified atom stereocenters. The molecule has 8 nitrogen and oxygen atoms in total. The molecule has 3 aromatic rings. The van der Waals surface area contributed by atoms with E-state index >= 15 is 0 Å². The molecule has 11 heteroatoms. The zero-order chi connectivity index (χ0) is 23.6. The molecule has 1 heterocycles. The molecule has 0 aliphatic carbocycles. The molecule has 2 aromatic carbocycles. The van der Waals surface area contributed by atoms with Crippen LogP contribution >= 0.6 is 11.3 Å². The highest BCUT2D eigenvalue weighted by atomic mass is 32.1. The van der Waals surface area contributed by atoms with Gasteiger partial charge in [0, 0.05) is 22.6 Å². The van der Waals surface area contributed by atoms with Crippen molar-refractivity contribution < 1.29 is 33.1 Å². The fraction of sp³-hybridized carbons (Fsp3) is 0.143. The summed E-state index contributed by atoms with van der Waals surface area (Å²) in [5.41, 5.74) is -0.0569. The van der Waals surface area contributed by atoms with Gasteiger partial charge in [-0.25, -0.2) is 18.4 Å². The third kappa shape index (κ3) is 4.28. The zero-order valence-electron chi connectivity index (χ0n) is 16.8. The molecule has 0 aliphatic rings. The number of hydrogen-bond donors (Lipinski definition) is 1. The van der Waals surface area contributed by atoms with Crippen LogP contribution in [0.3, 0.4) is 0 Å². The van der Waals surface area contributed by atoms with Crippen molar-refractivity contribution in [1.82, 2.24) is 0 Å². The monoisotopic (exact) mass is 462 g/mol. The Kier molecular flexibility index (Phi) is 6.49. The number of non-ortho nitro benzene ring substituents is 1. The van der Waals surface area contributed by atoms with E-state index in [1.54, 1.807) is 0 Å². The number of carbonyl (C=O) groups excluding carboxylic acids is 1. The molecule has 166 valence electrons. The minimum Gasteiger partial charge on any atom is -0.478 e. The van der Waals surface area contributed by atoms with E-state index in [0.29, 0.717) is 10.4 Å². The molecule has 0 saturated heterocycles. The fourth-order valence-corrected chi connectivity index (χ4v) is 4.42. The predicted molar refractivity (Wildman–Crippen MR) is 113 cm³/mol. The molecule has 0 spiro atoms. The molecule has 0 atom stereocenters. The van der Waals surface area contributed by atoms with Gasteiger partial charge in [-0.05, 0) is 42.3 Å². The van der Waals surface area contributed by atoms with Crippen LogP contribution in [0.1, 0.15) is 21.5 Å². The van der Waals surface area contributed by atoms with Crippen LogP contribution in [0.25, 0.3) is 10.4 Å². The van der Waals surface area contributed by atoms with Gasteiger partial charge in [0.25, 0.3) is 5.69 Å². The quantitative estimate of drug-likeness (QED) is 0.389. The number of amides is 1. The summed E-state index contributed by atoms with van der Waals surface area (Å²) in [5.74, 6) is -3.16. The van der Waals surface area contributed by atoms with E-state index in [4.69, 9.17) is 4.74 Å². The average molecular weight is 462 g/mol. The van der Waals surface area contributed by atoms with Gasteiger partial charge >= 0.3 is 12.1 Å². The van der Waals surface area contributed by atoms with Gasteiger partial charge in [0.2, 0.25) is 0 Å². The SMILES string of the molecule is COC(=O)N(Cc1c(F)cccc1F)c1sc(-c2ccc([N+](=O)[O-])cc2)c(C)c1C(=O)O. The Labute approximate surface area is 184 Å². The highest BCUT2D eigenvalue weighted by Gasteiger charge is 2.30. The van der Waals surface area contributed by atoms with E-state index in [9.17, 15) is 33.6 Å². The normalized spacial score (nSPS) is 10.6. The van der Waals surface area contributed by atoms with Crippen molar-refractivity contribution >= 4 is 34.1 Å². The van der Waals surface area contributed by atoms with Crippen molar-refractivity contribution in [2.24, 2.45) is 0 Å². The molecular formula is C21H16F2N2O6S. The maximum Gasteiger partial charge on any atom is 0.414 e. The summed E-state index contributed by atoms with van der Waals surface area (Å²) in [6.45, 7) is 0.907. The molecule has 0 saturated carbocycles. The lowest BCUT2D eigenvalue weighted by Crippen LogP contribution is -2.31. The Balaban J connectivity index is 2.16. The number of benzene rings is 2. The average Bonchev–Trinajstić information content (AvgIpc) is 3.10. The minimum absolute atomic E-state index is 0.0853. The van der Waals surface area contributed by atoms with Crippen LogP contribution in [-0.2, 0) is 11.3 Å². The van der Waals surface area contributed by atoms with Crippen LogP contribution in [0.4, 0.5) is 24.3 Å². The molecule has 1 amide bonds. The molecule has 0 aliphatic heterocycles. The van der Waals surface area contributed by atoms with E-state index in [2.05, 4.69) is 0 Å². The lowest BCUT2D eigenvalue weighted by atomic mass is 10.1. The summed E-state index contributed by atoms with van der Waals surface area (Å²) in [4.78, 5) is 36.1. The number of nitro benzene ring substituents is 1. The predicted octanol–water partition coefficient (Wildman–Crippen LogP) is 5.38. The number of nitro groups is 1. The summed E-state index contributed by atoms with van der Waals surface area (Å²) in [6.07, 6.45) is -1.01. The van der Waals surface area contributed by atoms with Crippen LogP contribution in [0.15, 0.2) is 42.5 Å². The summed E-state index contributed by atoms with van der Waals surface area (Å²) in [6, 6.07) is 8.64. The van der Waals surface area contributed by atoms with Crippen molar-refractivity contribution in [3.8, 4) is 10.4 Å². The first-order chi connectivity index (χ1) is 15.1. The first-order valence-electron chi connectivity index (χ1n) is 9.05. The van der Waals surface area contributed by atoms with Crippen LogP contribution < -0.4 is 4.90 Å². The highest BCUT2D eigenvalue weighted by Crippen LogP contribution is 2.43. The number of carboxylic acid groups (broad SMARTS) is 1. The molecule has 1 N–H and O–H groups in total. The van der Waals surface area contributed by atoms with Crippen molar-refractivity contribution in [2.45, 2.75) is 13.5 Å². The first-order valence-corrected chi connectivity index (χ1v) is 9.87. The van der Waals surface area contributed by atoms with Gasteiger partial charge in [-0.3, -0.25) is 15.0 Å². The number of rotatable bonds is 6. The number of hydrogen-bond acceptors (Lipinski definition) is 6. The molecule has 1 aromatic heterocycles. The van der Waals surface area contributed by atoms with Crippen LogP contribution in [0.2, 0.25) is 0 Å². The van der Waals surface area contributed by atoms with Gasteiger partial charge in [-0.1, -0.05) is 6.07 Å². The minimum atomic E-state index is -1.36. The Morgan fingerprint density at radius 1 is 1.16 bits per heavy atom. The smallest absolute Gasteiger partial charge is 0.414 e. The number of carboxylic acids is 1. The largest absolute Gasteiger partial charge is 0.478 e. The van der Waals surface area contributed by atoms with Gasteiger partial charge in [0.1, 0.15) is 16.6 Å². The number of carbonyl (C=O) groups is 2. The lowest BCUT2D eigenvalue weighted by molar-refractivity contribution is -0.384. The van der Waals surface area contributed by atoms with Gasteiger partial charge < -0.3 is 9.84 Å². The second-order valence-corrected chi connectivity index (χ2v) is 7.60. The molecular weight excluding hydrogens is 446 g/mol. The topological polar surface area (TPSA) is 110 Å². The van der Waals surface area contributed by atoms with Gasteiger partial charge in [-0.15, -0.1) is 11.3 Å². The number of nitrogens with zero attached hydrogens (tertiary/aromatic N) is 2. The lowest BCUT2D eigenvalue weighted by Gasteiger charge is -2.21. The summed E-state index contributed by atoms with van der Waals surface area (Å²) in [5, 5.41) is 20.6. The molecule has 0 fully saturated rings. The number of halogens is 2. The maximum absolute atomic E-state index is 14.2. The van der Waals surface area contributed by atoms with Crippen LogP contribution in [0, 0.1) is 28.7 Å². The van der Waals surface area contributed by atoms with E-state index < -0.39 is 40.7 Å². The summed E-state index contributed by atoms with van der Waals surface area (Å²) >= 11 is 0.894. The molecule has 3 rings (SSSR count).